The van der Waals surface area contributed by atoms with Crippen molar-refractivity contribution >= 4 is 51.1 Å². The van der Waals surface area contributed by atoms with Crippen molar-refractivity contribution in [1.29, 1.82) is 0 Å². The third-order valence-corrected chi connectivity index (χ3v) is 15.1. The number of aromatic nitrogens is 4. The van der Waals surface area contributed by atoms with Crippen LogP contribution in [0.15, 0.2) is 28.1 Å². The molecule has 8 atom stereocenters. The van der Waals surface area contributed by atoms with Gasteiger partial charge in [0.15, 0.2) is 32.3 Å². The van der Waals surface area contributed by atoms with Gasteiger partial charge in [-0.25, -0.2) is 14.2 Å². The lowest BCUT2D eigenvalue weighted by molar-refractivity contribution is -0.0414. The molecule has 4 rings (SSSR count). The van der Waals surface area contributed by atoms with Gasteiger partial charge in [-0.05, 0) is 57.2 Å². The van der Waals surface area contributed by atoms with Crippen molar-refractivity contribution in [3.05, 3.63) is 39.3 Å². The van der Waals surface area contributed by atoms with Gasteiger partial charge in [-0.3, -0.25) is 19.3 Å². The summed E-state index contributed by atoms with van der Waals surface area (Å²) in [6, 6.07) is 0. The fourth-order valence-corrected chi connectivity index (χ4v) is 7.94. The summed E-state index contributed by atoms with van der Waals surface area (Å²) in [5.74, 6) is 0.289. The van der Waals surface area contributed by atoms with Crippen LogP contribution in [0.3, 0.4) is 0 Å². The van der Waals surface area contributed by atoms with E-state index in [0.717, 1.165) is 18.4 Å². The summed E-state index contributed by atoms with van der Waals surface area (Å²) in [5.41, 5.74) is -0.322. The minimum Gasteiger partial charge on any atom is -0.414 e. The molecular formula is C26H41FN4O6PS2Si+. The number of nitrogens with zero attached hydrogens (tertiary/aromatic N) is 2. The van der Waals surface area contributed by atoms with Crippen molar-refractivity contribution in [2.24, 2.45) is 5.92 Å². The van der Waals surface area contributed by atoms with Gasteiger partial charge in [0.1, 0.15) is 17.9 Å². The van der Waals surface area contributed by atoms with Crippen molar-refractivity contribution in [2.45, 2.75) is 107 Å². The lowest BCUT2D eigenvalue weighted by atomic mass is 9.77. The van der Waals surface area contributed by atoms with Gasteiger partial charge in [0.05, 0.1) is 12.9 Å². The minimum atomic E-state index is -2.22. The van der Waals surface area contributed by atoms with Gasteiger partial charge in [-0.15, -0.1) is 9.05 Å². The van der Waals surface area contributed by atoms with Crippen LogP contribution in [0.4, 0.5) is 4.39 Å². The van der Waals surface area contributed by atoms with E-state index in [2.05, 4.69) is 55.4 Å². The SMILES string of the molecule is C=C(C)[C@@H]1CC[C@](C)(S)[C@@H](O[P+](=S)O[C@H]2[C@@H](F)[C@H](n3cnc4c(=O)[nH]c(=O)[nH]c43)O[C@@H]2CO[Si](C)(C)C(C)(C)C)C1. The van der Waals surface area contributed by atoms with Crippen molar-refractivity contribution in [2.75, 3.05) is 6.61 Å². The summed E-state index contributed by atoms with van der Waals surface area (Å²) in [6.45, 7) is 18.7. The smallest absolute Gasteiger partial charge is 0.414 e. The van der Waals surface area contributed by atoms with Gasteiger partial charge in [-0.1, -0.05) is 32.9 Å². The standard InChI is InChI=1S/C26H40FN4O6PS2Si/c1-14(2)15-9-10-26(6,39)17(11-15)36-38(40)37-20-16(12-34-41(7,8)25(3,4)5)35-23(18(20)27)31-13-28-19-21(31)29-24(33)30-22(19)32/h13,15-18,20,23H,1,9-12H2,2-8H3,(H2-,29,30,32,33,39)/p+1/t15-,16-,17+,18-,20-,23-,26+/m1/s1. The van der Waals surface area contributed by atoms with Gasteiger partial charge >= 0.3 is 12.8 Å². The second-order valence-corrected chi connectivity index (χ2v) is 20.5. The number of alkyl halides is 1. The molecule has 0 amide bonds. The van der Waals surface area contributed by atoms with Crippen molar-refractivity contribution in [1.82, 2.24) is 19.5 Å². The topological polar surface area (TPSA) is 120 Å². The van der Waals surface area contributed by atoms with Gasteiger partial charge in [-0.2, -0.15) is 12.6 Å². The van der Waals surface area contributed by atoms with E-state index in [0.29, 0.717) is 6.42 Å². The Labute approximate surface area is 251 Å². The average molecular weight is 648 g/mol. The number of aromatic amines is 2. The maximum Gasteiger partial charge on any atom is 0.522 e. The molecule has 1 saturated carbocycles. The van der Waals surface area contributed by atoms with E-state index in [4.69, 9.17) is 42.6 Å². The molecule has 2 fully saturated rings. The second-order valence-electron chi connectivity index (χ2n) is 12.9. The molecule has 0 aromatic carbocycles. The zero-order chi connectivity index (χ0) is 30.5. The first-order valence-electron chi connectivity index (χ1n) is 13.7. The van der Waals surface area contributed by atoms with Crippen LogP contribution in [-0.2, 0) is 30.0 Å². The van der Waals surface area contributed by atoms with E-state index in [-0.39, 0.29) is 34.8 Å². The molecule has 10 nitrogen and oxygen atoms in total. The Morgan fingerprint density at radius 1 is 1.37 bits per heavy atom. The van der Waals surface area contributed by atoms with Crippen LogP contribution in [-0.4, -0.2) is 63.7 Å². The molecule has 41 heavy (non-hydrogen) atoms. The molecule has 1 unspecified atom stereocenters. The van der Waals surface area contributed by atoms with Gasteiger partial charge < -0.3 is 9.16 Å². The van der Waals surface area contributed by atoms with Crippen LogP contribution < -0.4 is 11.2 Å². The predicted octanol–water partition coefficient (Wildman–Crippen LogP) is 5.28. The number of imidazole rings is 1. The first-order chi connectivity index (χ1) is 18.9. The Kier molecular flexibility index (Phi) is 9.58. The van der Waals surface area contributed by atoms with Crippen LogP contribution in [0, 0.1) is 5.92 Å². The number of rotatable bonds is 9. The highest BCUT2D eigenvalue weighted by Crippen LogP contribution is 2.47. The number of thiol groups is 1. The molecular weight excluding hydrogens is 606 g/mol. The Balaban J connectivity index is 1.59. The van der Waals surface area contributed by atoms with Crippen molar-refractivity contribution in [3.63, 3.8) is 0 Å². The van der Waals surface area contributed by atoms with E-state index in [1.54, 1.807) is 0 Å². The summed E-state index contributed by atoms with van der Waals surface area (Å²) in [7, 11) is -4.17. The first-order valence-corrected chi connectivity index (χ1v) is 19.3. The maximum absolute atomic E-state index is 16.3. The molecule has 2 aromatic rings. The van der Waals surface area contributed by atoms with E-state index in [1.807, 2.05) is 13.8 Å². The zero-order valence-electron chi connectivity index (χ0n) is 24.6. The number of allylic oxidation sites excluding steroid dienone is 1. The number of halogens is 1. The lowest BCUT2D eigenvalue weighted by Crippen LogP contribution is -2.44. The summed E-state index contributed by atoms with van der Waals surface area (Å²) >= 11 is 10.5. The first kappa shape index (κ1) is 32.7. The Morgan fingerprint density at radius 2 is 2.05 bits per heavy atom. The molecule has 1 aliphatic carbocycles. The highest BCUT2D eigenvalue weighted by Gasteiger charge is 2.53. The van der Waals surface area contributed by atoms with Crippen molar-refractivity contribution < 1.29 is 22.6 Å². The normalized spacial score (nSPS) is 31.5. The van der Waals surface area contributed by atoms with Gasteiger partial charge in [0.2, 0.25) is 11.8 Å². The van der Waals surface area contributed by atoms with Crippen molar-refractivity contribution in [3.8, 4) is 0 Å². The molecule has 1 aliphatic heterocycles. The summed E-state index contributed by atoms with van der Waals surface area (Å²) < 4.78 is 42.1. The quantitative estimate of drug-likeness (QED) is 0.146. The molecule has 0 bridgehead atoms. The molecule has 2 aliphatic rings. The van der Waals surface area contributed by atoms with Crippen LogP contribution >= 0.6 is 19.8 Å². The van der Waals surface area contributed by atoms with Gasteiger partial charge in [0.25, 0.3) is 5.56 Å². The highest BCUT2D eigenvalue weighted by molar-refractivity contribution is 8.00. The number of hydrogen-bond donors (Lipinski definition) is 3. The summed E-state index contributed by atoms with van der Waals surface area (Å²) in [5, 5.41) is -0.0802. The van der Waals surface area contributed by atoms with E-state index >= 15 is 4.39 Å². The minimum absolute atomic E-state index is 0.0369. The number of nitrogens with one attached hydrogen (secondary N) is 2. The molecule has 0 spiro atoms. The monoisotopic (exact) mass is 647 g/mol. The Morgan fingerprint density at radius 3 is 2.68 bits per heavy atom. The number of H-pyrrole nitrogens is 2. The van der Waals surface area contributed by atoms with Crippen LogP contribution in [0.25, 0.3) is 11.2 Å². The molecule has 1 saturated heterocycles. The number of ether oxygens (including phenoxy) is 1. The highest BCUT2D eigenvalue weighted by atomic mass is 32.4. The molecule has 3 heterocycles. The fraction of sp³-hybridized carbons (Fsp3) is 0.731. The Hall–Kier alpha value is -1.25. The second kappa shape index (κ2) is 12.0. The van der Waals surface area contributed by atoms with Gasteiger partial charge in [0, 0.05) is 4.75 Å². The van der Waals surface area contributed by atoms with Crippen LogP contribution in [0.1, 0.15) is 60.1 Å². The molecule has 15 heteroatoms. The summed E-state index contributed by atoms with van der Waals surface area (Å²) in [6.07, 6.45) is -1.45. The predicted molar refractivity (Wildman–Crippen MR) is 167 cm³/mol. The van der Waals surface area contributed by atoms with E-state index < -0.39 is 56.1 Å². The third kappa shape index (κ3) is 6.95. The molecule has 0 radical (unpaired) electrons. The third-order valence-electron chi connectivity index (χ3n) is 8.73. The maximum atomic E-state index is 16.3. The number of hydrogen-bond acceptors (Lipinski definition) is 9. The zero-order valence-corrected chi connectivity index (χ0v) is 28.2. The molecule has 2 aromatic heterocycles. The van der Waals surface area contributed by atoms with E-state index in [9.17, 15) is 9.59 Å². The van der Waals surface area contributed by atoms with E-state index in [1.165, 1.54) is 10.9 Å². The fourth-order valence-electron chi connectivity index (χ4n) is 4.92. The number of fused-ring (bicyclic) bond motifs is 1. The summed E-state index contributed by atoms with van der Waals surface area (Å²) in [4.78, 5) is 32.9. The van der Waals surface area contributed by atoms with Crippen LogP contribution in [0.5, 0.6) is 0 Å². The van der Waals surface area contributed by atoms with Crippen LogP contribution in [0.2, 0.25) is 18.1 Å². The Bertz CT molecular complexity index is 1420. The lowest BCUT2D eigenvalue weighted by Gasteiger charge is -2.38. The molecule has 228 valence electrons. The largest absolute Gasteiger partial charge is 0.522 e. The molecule has 2 N–H and O–H groups in total. The average Bonchev–Trinajstić information content (AvgIpc) is 3.39.